The summed E-state index contributed by atoms with van der Waals surface area (Å²) in [4.78, 5) is 0. The van der Waals surface area contributed by atoms with Crippen molar-refractivity contribution in [2.24, 2.45) is 0 Å². The highest BCUT2D eigenvalue weighted by Crippen LogP contribution is 2.24. The summed E-state index contributed by atoms with van der Waals surface area (Å²) in [5.41, 5.74) is 0.331. The smallest absolute Gasteiger partial charge is 0.387 e. The molecule has 96 valence electrons. The molecule has 0 spiro atoms. The number of benzene rings is 1. The van der Waals surface area contributed by atoms with Crippen molar-refractivity contribution in [2.45, 2.75) is 25.2 Å². The molecule has 2 atom stereocenters. The second-order valence-corrected chi connectivity index (χ2v) is 3.92. The number of hydrogen-bond acceptors (Lipinski definition) is 4. The summed E-state index contributed by atoms with van der Waals surface area (Å²) in [5, 5.41) is 19.3. The van der Waals surface area contributed by atoms with Crippen molar-refractivity contribution in [3.05, 3.63) is 29.8 Å². The van der Waals surface area contributed by atoms with E-state index in [-0.39, 0.29) is 5.75 Å². The number of halogens is 2. The van der Waals surface area contributed by atoms with Crippen LogP contribution in [0.1, 0.15) is 18.1 Å². The molecular weight excluding hydrogens is 250 g/mol. The number of alkyl halides is 2. The molecule has 1 aromatic carbocycles. The predicted octanol–water partition coefficient (Wildman–Crippen LogP) is 2.00. The van der Waals surface area contributed by atoms with E-state index >= 15 is 0 Å². The molecule has 17 heavy (non-hydrogen) atoms. The Labute approximate surface area is 103 Å². The number of aliphatic hydroxyl groups is 2. The van der Waals surface area contributed by atoms with Crippen LogP contribution in [0.4, 0.5) is 8.78 Å². The molecule has 0 aliphatic rings. The lowest BCUT2D eigenvalue weighted by molar-refractivity contribution is -0.0501. The van der Waals surface area contributed by atoms with Crippen LogP contribution < -0.4 is 4.74 Å². The number of hydrogen-bond donors (Lipinski definition) is 3. The molecule has 0 radical (unpaired) electrons. The van der Waals surface area contributed by atoms with E-state index in [1.54, 1.807) is 0 Å². The van der Waals surface area contributed by atoms with Gasteiger partial charge in [-0.05, 0) is 29.9 Å². The third kappa shape index (κ3) is 4.49. The predicted molar refractivity (Wildman–Crippen MR) is 62.5 cm³/mol. The van der Waals surface area contributed by atoms with Crippen molar-refractivity contribution in [3.8, 4) is 5.75 Å². The highest BCUT2D eigenvalue weighted by molar-refractivity contribution is 7.80. The summed E-state index contributed by atoms with van der Waals surface area (Å²) in [6.45, 7) is -2.91. The van der Waals surface area contributed by atoms with E-state index in [0.717, 1.165) is 0 Å². The van der Waals surface area contributed by atoms with Crippen LogP contribution in [0.15, 0.2) is 24.3 Å². The van der Waals surface area contributed by atoms with E-state index in [4.69, 9.17) is 0 Å². The fourth-order valence-electron chi connectivity index (χ4n) is 1.39. The van der Waals surface area contributed by atoms with Crippen LogP contribution in [0, 0.1) is 0 Å². The maximum atomic E-state index is 12.0. The first-order chi connectivity index (χ1) is 8.04. The largest absolute Gasteiger partial charge is 0.435 e. The molecule has 0 aliphatic carbocycles. The van der Waals surface area contributed by atoms with Crippen LogP contribution in [0.3, 0.4) is 0 Å². The van der Waals surface area contributed by atoms with Crippen LogP contribution in [-0.2, 0) is 0 Å². The van der Waals surface area contributed by atoms with Crippen molar-refractivity contribution in [1.82, 2.24) is 0 Å². The van der Waals surface area contributed by atoms with Crippen LogP contribution in [0.2, 0.25) is 0 Å². The van der Waals surface area contributed by atoms with Gasteiger partial charge in [0.2, 0.25) is 0 Å². The Morgan fingerprint density at radius 3 is 2.59 bits per heavy atom. The number of thiol groups is 1. The minimum atomic E-state index is -2.91. The molecule has 3 nitrogen and oxygen atoms in total. The molecule has 0 aromatic heterocycles. The minimum Gasteiger partial charge on any atom is -0.435 e. The Balaban J connectivity index is 2.76. The first-order valence-electron chi connectivity index (χ1n) is 5.06. The first kappa shape index (κ1) is 14.2. The summed E-state index contributed by atoms with van der Waals surface area (Å²) >= 11 is 3.94. The first-order valence-corrected chi connectivity index (χ1v) is 5.69. The van der Waals surface area contributed by atoms with Crippen LogP contribution >= 0.6 is 12.6 Å². The van der Waals surface area contributed by atoms with Gasteiger partial charge in [0.25, 0.3) is 0 Å². The zero-order valence-corrected chi connectivity index (χ0v) is 9.86. The van der Waals surface area contributed by atoms with Gasteiger partial charge in [0.15, 0.2) is 0 Å². The Morgan fingerprint density at radius 1 is 1.29 bits per heavy atom. The van der Waals surface area contributed by atoms with E-state index in [1.807, 2.05) is 0 Å². The molecule has 0 saturated carbocycles. The van der Waals surface area contributed by atoms with Gasteiger partial charge in [0.1, 0.15) is 11.9 Å². The highest BCUT2D eigenvalue weighted by Gasteiger charge is 2.18. The lowest BCUT2D eigenvalue weighted by atomic mass is 10.0. The molecule has 1 rings (SSSR count). The molecule has 1 aromatic rings. The number of ether oxygens (including phenoxy) is 1. The van der Waals surface area contributed by atoms with Gasteiger partial charge in [-0.15, -0.1) is 0 Å². The molecule has 0 amide bonds. The Hall–Kier alpha value is -0.850. The molecule has 0 aliphatic heterocycles. The maximum absolute atomic E-state index is 12.0. The summed E-state index contributed by atoms with van der Waals surface area (Å²) < 4.78 is 28.2. The van der Waals surface area contributed by atoms with Gasteiger partial charge in [0.05, 0.1) is 6.10 Å². The zero-order valence-electron chi connectivity index (χ0n) is 8.96. The SMILES string of the molecule is OC(CCS)C(O)c1cccc(OC(F)F)c1. The Kier molecular flexibility index (Phi) is 5.67. The molecular formula is C11H14F2O3S. The summed E-state index contributed by atoms with van der Waals surface area (Å²) in [6.07, 6.45) is -1.80. The fraction of sp³-hybridized carbons (Fsp3) is 0.455. The topological polar surface area (TPSA) is 49.7 Å². The average Bonchev–Trinajstić information content (AvgIpc) is 2.28. The maximum Gasteiger partial charge on any atom is 0.387 e. The third-order valence-electron chi connectivity index (χ3n) is 2.21. The second-order valence-electron chi connectivity index (χ2n) is 3.48. The lowest BCUT2D eigenvalue weighted by Crippen LogP contribution is -2.18. The summed E-state index contributed by atoms with van der Waals surface area (Å²) in [7, 11) is 0. The van der Waals surface area contributed by atoms with E-state index < -0.39 is 18.8 Å². The fourth-order valence-corrected chi connectivity index (χ4v) is 1.65. The zero-order chi connectivity index (χ0) is 12.8. The average molecular weight is 264 g/mol. The Bertz CT molecular complexity index is 349. The third-order valence-corrected chi connectivity index (χ3v) is 2.47. The van der Waals surface area contributed by atoms with E-state index in [9.17, 15) is 19.0 Å². The molecule has 2 unspecified atom stereocenters. The van der Waals surface area contributed by atoms with Crippen molar-refractivity contribution >= 4 is 12.6 Å². The quantitative estimate of drug-likeness (QED) is 0.689. The van der Waals surface area contributed by atoms with Crippen molar-refractivity contribution in [2.75, 3.05) is 5.75 Å². The summed E-state index contributed by atoms with van der Waals surface area (Å²) in [5.74, 6) is 0.375. The van der Waals surface area contributed by atoms with Crippen molar-refractivity contribution < 1.29 is 23.7 Å². The van der Waals surface area contributed by atoms with Crippen molar-refractivity contribution in [1.29, 1.82) is 0 Å². The number of aliphatic hydroxyl groups excluding tert-OH is 2. The van der Waals surface area contributed by atoms with Crippen LogP contribution in [0.25, 0.3) is 0 Å². The monoisotopic (exact) mass is 264 g/mol. The molecule has 0 bridgehead atoms. The molecule has 0 fully saturated rings. The van der Waals surface area contributed by atoms with E-state index in [2.05, 4.69) is 17.4 Å². The van der Waals surface area contributed by atoms with Gasteiger partial charge in [-0.25, -0.2) is 0 Å². The van der Waals surface area contributed by atoms with Gasteiger partial charge >= 0.3 is 6.61 Å². The molecule has 2 N–H and O–H groups in total. The minimum absolute atomic E-state index is 0.0466. The van der Waals surface area contributed by atoms with Crippen LogP contribution in [-0.4, -0.2) is 28.7 Å². The van der Waals surface area contributed by atoms with E-state index in [1.165, 1.54) is 24.3 Å². The summed E-state index contributed by atoms with van der Waals surface area (Å²) in [6, 6.07) is 5.64. The normalized spacial score (nSPS) is 14.7. The van der Waals surface area contributed by atoms with Gasteiger partial charge in [0, 0.05) is 0 Å². The van der Waals surface area contributed by atoms with Crippen molar-refractivity contribution in [3.63, 3.8) is 0 Å². The molecule has 0 heterocycles. The van der Waals surface area contributed by atoms with Gasteiger partial charge in [-0.3, -0.25) is 0 Å². The second kappa shape index (κ2) is 6.78. The van der Waals surface area contributed by atoms with Gasteiger partial charge in [-0.2, -0.15) is 21.4 Å². The highest BCUT2D eigenvalue weighted by atomic mass is 32.1. The number of rotatable bonds is 6. The molecule has 0 saturated heterocycles. The van der Waals surface area contributed by atoms with E-state index in [0.29, 0.717) is 17.7 Å². The van der Waals surface area contributed by atoms with Gasteiger partial charge in [-0.1, -0.05) is 12.1 Å². The standard InChI is InChI=1S/C11H14F2O3S/c12-11(13)16-8-3-1-2-7(6-8)10(15)9(14)4-5-17/h1-3,6,9-11,14-15,17H,4-5H2. The van der Waals surface area contributed by atoms with Gasteiger partial charge < -0.3 is 14.9 Å². The Morgan fingerprint density at radius 2 is 2.00 bits per heavy atom. The van der Waals surface area contributed by atoms with Crippen LogP contribution in [0.5, 0.6) is 5.75 Å². The molecule has 6 heteroatoms. The lowest BCUT2D eigenvalue weighted by Gasteiger charge is -2.18.